The monoisotopic (exact) mass is 446 g/mol. The molecule has 0 amide bonds. The summed E-state index contributed by atoms with van der Waals surface area (Å²) in [6.45, 7) is 4.60. The molecule has 0 bridgehead atoms. The van der Waals surface area contributed by atoms with Crippen LogP contribution in [0.15, 0.2) is 59.9 Å². The van der Waals surface area contributed by atoms with Gasteiger partial charge in [0.2, 0.25) is 11.7 Å². The molecule has 0 aliphatic carbocycles. The Bertz CT molecular complexity index is 1290. The summed E-state index contributed by atoms with van der Waals surface area (Å²) in [4.78, 5) is 35.1. The number of allylic oxidation sites excluding steroid dienone is 1. The fourth-order valence-corrected chi connectivity index (χ4v) is 3.69. The zero-order chi connectivity index (χ0) is 23.5. The number of pyridine rings is 1. The van der Waals surface area contributed by atoms with Gasteiger partial charge in [-0.1, -0.05) is 12.1 Å². The smallest absolute Gasteiger partial charge is 0.347 e. The molecule has 4 rings (SSSR count). The standard InChI is InChI=1S/C25H26N4O4/c1-5-32-25(31)21-22(30)20(12-17-13-27-23-18(17)7-6-10-26-23)33-24(21)28-19-9-8-16(11-15(19)2)14-29(3)4/h6-13,28H,5,14H2,1-4H3,(H,26,27). The Balaban J connectivity index is 1.67. The van der Waals surface area contributed by atoms with Gasteiger partial charge in [0.15, 0.2) is 11.3 Å². The van der Waals surface area contributed by atoms with E-state index in [0.717, 1.165) is 34.3 Å². The van der Waals surface area contributed by atoms with E-state index in [1.807, 2.05) is 45.3 Å². The first-order valence-electron chi connectivity index (χ1n) is 10.7. The maximum atomic E-state index is 13.1. The first-order chi connectivity index (χ1) is 15.9. The average Bonchev–Trinajstić information content (AvgIpc) is 3.31. The van der Waals surface area contributed by atoms with Gasteiger partial charge in [-0.2, -0.15) is 0 Å². The fraction of sp³-hybridized carbons (Fsp3) is 0.240. The van der Waals surface area contributed by atoms with Crippen LogP contribution in [-0.4, -0.2) is 47.3 Å². The van der Waals surface area contributed by atoms with E-state index in [9.17, 15) is 9.59 Å². The van der Waals surface area contributed by atoms with Gasteiger partial charge in [-0.25, -0.2) is 9.78 Å². The molecule has 1 aliphatic heterocycles. The number of rotatable bonds is 7. The highest BCUT2D eigenvalue weighted by Gasteiger charge is 2.37. The summed E-state index contributed by atoms with van der Waals surface area (Å²) in [5.41, 5.74) is 4.12. The molecule has 8 heteroatoms. The number of aryl methyl sites for hydroxylation is 1. The molecule has 8 nitrogen and oxygen atoms in total. The Hall–Kier alpha value is -3.91. The number of benzene rings is 1. The number of aromatic amines is 1. The van der Waals surface area contributed by atoms with E-state index in [1.54, 1.807) is 25.4 Å². The fourth-order valence-electron chi connectivity index (χ4n) is 3.69. The van der Waals surface area contributed by atoms with Crippen molar-refractivity contribution in [2.45, 2.75) is 20.4 Å². The molecule has 0 unspecified atom stereocenters. The second-order valence-corrected chi connectivity index (χ2v) is 8.02. The van der Waals surface area contributed by atoms with Crippen molar-refractivity contribution in [1.29, 1.82) is 0 Å². The highest BCUT2D eigenvalue weighted by Crippen LogP contribution is 2.31. The van der Waals surface area contributed by atoms with Crippen LogP contribution in [0.2, 0.25) is 0 Å². The van der Waals surface area contributed by atoms with Crippen LogP contribution in [-0.2, 0) is 25.6 Å². The predicted octanol–water partition coefficient (Wildman–Crippen LogP) is 3.76. The van der Waals surface area contributed by atoms with Crippen LogP contribution in [0.4, 0.5) is 5.69 Å². The Kier molecular flexibility index (Phi) is 6.28. The number of aromatic nitrogens is 2. The van der Waals surface area contributed by atoms with Gasteiger partial charge in [-0.05, 0) is 63.3 Å². The van der Waals surface area contributed by atoms with Gasteiger partial charge < -0.3 is 24.7 Å². The van der Waals surface area contributed by atoms with Gasteiger partial charge >= 0.3 is 5.97 Å². The molecular formula is C25H26N4O4. The summed E-state index contributed by atoms with van der Waals surface area (Å²) in [7, 11) is 4.01. The van der Waals surface area contributed by atoms with Gasteiger partial charge in [0.1, 0.15) is 5.65 Å². The molecule has 0 radical (unpaired) electrons. The molecule has 1 aromatic carbocycles. The number of Topliss-reactive ketones (excluding diaryl/α,β-unsaturated/α-hetero) is 1. The molecule has 0 fully saturated rings. The van der Waals surface area contributed by atoms with Crippen molar-refractivity contribution in [2.24, 2.45) is 0 Å². The maximum absolute atomic E-state index is 13.1. The van der Waals surface area contributed by atoms with E-state index < -0.39 is 11.8 Å². The number of carbonyl (C=O) groups is 2. The van der Waals surface area contributed by atoms with Crippen LogP contribution in [0.1, 0.15) is 23.6 Å². The van der Waals surface area contributed by atoms with E-state index in [-0.39, 0.29) is 23.8 Å². The van der Waals surface area contributed by atoms with Crippen LogP contribution in [0.25, 0.3) is 17.1 Å². The molecule has 1 aliphatic rings. The minimum Gasteiger partial charge on any atom is -0.462 e. The molecular weight excluding hydrogens is 420 g/mol. The number of H-pyrrole nitrogens is 1. The summed E-state index contributed by atoms with van der Waals surface area (Å²) in [5, 5.41) is 3.96. The number of nitrogens with zero attached hydrogens (tertiary/aromatic N) is 2. The van der Waals surface area contributed by atoms with E-state index in [2.05, 4.69) is 26.3 Å². The minimum absolute atomic E-state index is 0.0344. The number of nitrogens with one attached hydrogen (secondary N) is 2. The highest BCUT2D eigenvalue weighted by atomic mass is 16.5. The third-order valence-electron chi connectivity index (χ3n) is 5.18. The second-order valence-electron chi connectivity index (χ2n) is 8.02. The van der Waals surface area contributed by atoms with E-state index in [0.29, 0.717) is 5.65 Å². The van der Waals surface area contributed by atoms with Gasteiger partial charge in [0.05, 0.1) is 6.61 Å². The third-order valence-corrected chi connectivity index (χ3v) is 5.18. The molecule has 2 N–H and O–H groups in total. The lowest BCUT2D eigenvalue weighted by Crippen LogP contribution is -2.16. The second kappa shape index (κ2) is 9.30. The molecule has 3 heterocycles. The Labute approximate surface area is 191 Å². The lowest BCUT2D eigenvalue weighted by atomic mass is 10.1. The number of hydrogen-bond donors (Lipinski definition) is 2. The molecule has 170 valence electrons. The molecule has 0 spiro atoms. The van der Waals surface area contributed by atoms with Gasteiger partial charge in [-0.15, -0.1) is 0 Å². The van der Waals surface area contributed by atoms with Crippen LogP contribution < -0.4 is 5.32 Å². The summed E-state index contributed by atoms with van der Waals surface area (Å²) in [6.07, 6.45) is 5.02. The number of esters is 1. The molecule has 0 saturated heterocycles. The SMILES string of the molecule is CCOC(=O)C1=C(Nc2ccc(CN(C)C)cc2C)OC(=Cc2c[nH]c3ncccc23)C1=O. The first kappa shape index (κ1) is 22.3. The number of fused-ring (bicyclic) bond motifs is 1. The van der Waals surface area contributed by atoms with Crippen molar-refractivity contribution in [1.82, 2.24) is 14.9 Å². The number of ketones is 1. The Morgan fingerprint density at radius 3 is 2.85 bits per heavy atom. The molecule has 2 aromatic heterocycles. The number of hydrogen-bond acceptors (Lipinski definition) is 7. The zero-order valence-corrected chi connectivity index (χ0v) is 19.1. The molecule has 3 aromatic rings. The maximum Gasteiger partial charge on any atom is 0.347 e. The van der Waals surface area contributed by atoms with Gasteiger partial charge in [-0.3, -0.25) is 4.79 Å². The summed E-state index contributed by atoms with van der Waals surface area (Å²) in [5.74, 6) is -1.16. The molecule has 0 atom stereocenters. The topological polar surface area (TPSA) is 96.6 Å². The van der Waals surface area contributed by atoms with Gasteiger partial charge in [0, 0.05) is 35.6 Å². The Morgan fingerprint density at radius 2 is 2.12 bits per heavy atom. The first-order valence-corrected chi connectivity index (χ1v) is 10.7. The normalized spacial score (nSPS) is 14.9. The summed E-state index contributed by atoms with van der Waals surface area (Å²) < 4.78 is 11.0. The van der Waals surface area contributed by atoms with Crippen LogP contribution in [0.5, 0.6) is 0 Å². The van der Waals surface area contributed by atoms with E-state index in [1.165, 1.54) is 0 Å². The summed E-state index contributed by atoms with van der Waals surface area (Å²) >= 11 is 0. The molecule has 0 saturated carbocycles. The van der Waals surface area contributed by atoms with Crippen molar-refractivity contribution >= 4 is 34.5 Å². The van der Waals surface area contributed by atoms with Gasteiger partial charge in [0.25, 0.3) is 0 Å². The minimum atomic E-state index is -0.726. The quantitative estimate of drug-likeness (QED) is 0.324. The van der Waals surface area contributed by atoms with Crippen LogP contribution >= 0.6 is 0 Å². The zero-order valence-electron chi connectivity index (χ0n) is 19.1. The summed E-state index contributed by atoms with van der Waals surface area (Å²) in [6, 6.07) is 9.66. The highest BCUT2D eigenvalue weighted by molar-refractivity contribution is 6.26. The lowest BCUT2D eigenvalue weighted by molar-refractivity contribution is -0.139. The van der Waals surface area contributed by atoms with Crippen molar-refractivity contribution in [3.63, 3.8) is 0 Å². The van der Waals surface area contributed by atoms with E-state index >= 15 is 0 Å². The van der Waals surface area contributed by atoms with Crippen molar-refractivity contribution < 1.29 is 19.1 Å². The third kappa shape index (κ3) is 4.65. The number of ether oxygens (including phenoxy) is 2. The number of anilines is 1. The van der Waals surface area contributed by atoms with Crippen molar-refractivity contribution in [3.8, 4) is 0 Å². The van der Waals surface area contributed by atoms with Crippen LogP contribution in [0.3, 0.4) is 0 Å². The largest absolute Gasteiger partial charge is 0.462 e. The number of carbonyl (C=O) groups excluding carboxylic acids is 2. The predicted molar refractivity (Wildman–Crippen MR) is 126 cm³/mol. The van der Waals surface area contributed by atoms with Crippen LogP contribution in [0, 0.1) is 6.92 Å². The molecule has 33 heavy (non-hydrogen) atoms. The lowest BCUT2D eigenvalue weighted by Gasteiger charge is -2.14. The van der Waals surface area contributed by atoms with E-state index in [4.69, 9.17) is 9.47 Å². The average molecular weight is 447 g/mol. The van der Waals surface area contributed by atoms with Crippen molar-refractivity contribution in [2.75, 3.05) is 26.0 Å². The van der Waals surface area contributed by atoms with Crippen molar-refractivity contribution in [3.05, 3.63) is 76.6 Å². The Morgan fingerprint density at radius 1 is 1.30 bits per heavy atom.